The zero-order valence-corrected chi connectivity index (χ0v) is 10.6. The first kappa shape index (κ1) is 13.4. The minimum Gasteiger partial charge on any atom is -0.481 e. The summed E-state index contributed by atoms with van der Waals surface area (Å²) >= 11 is 0. The Balaban J connectivity index is 2.07. The lowest BCUT2D eigenvalue weighted by molar-refractivity contribution is -0.145. The number of amides is 1. The molecule has 3 atom stereocenters. The maximum atomic E-state index is 12.1. The maximum absolute atomic E-state index is 12.1. The predicted molar refractivity (Wildman–Crippen MR) is 66.1 cm³/mol. The summed E-state index contributed by atoms with van der Waals surface area (Å²) in [6, 6.07) is 0. The van der Waals surface area contributed by atoms with Crippen molar-refractivity contribution in [2.75, 3.05) is 5.32 Å². The van der Waals surface area contributed by atoms with Crippen LogP contribution in [0.25, 0.3) is 0 Å². The number of anilines is 1. The number of hydrogen-bond acceptors (Lipinski definition) is 5. The van der Waals surface area contributed by atoms with Crippen LogP contribution < -0.4 is 5.32 Å². The Morgan fingerprint density at radius 3 is 2.68 bits per heavy atom. The lowest BCUT2D eigenvalue weighted by Crippen LogP contribution is -2.30. The molecular weight excluding hydrogens is 248 g/mol. The van der Waals surface area contributed by atoms with Crippen molar-refractivity contribution in [3.63, 3.8) is 0 Å². The van der Waals surface area contributed by atoms with E-state index in [1.165, 1.54) is 12.4 Å². The van der Waals surface area contributed by atoms with Crippen LogP contribution in [0, 0.1) is 17.8 Å². The molecule has 1 aliphatic carbocycles. The highest BCUT2D eigenvalue weighted by Gasteiger charge is 2.42. The maximum Gasteiger partial charge on any atom is 0.307 e. The first-order chi connectivity index (χ1) is 9.11. The molecule has 1 amide bonds. The second-order valence-electron chi connectivity index (χ2n) is 4.75. The molecule has 2 N–H and O–H groups in total. The number of carbonyl (C=O) groups is 2. The molecule has 0 saturated heterocycles. The van der Waals surface area contributed by atoms with Crippen molar-refractivity contribution in [2.24, 2.45) is 17.8 Å². The second-order valence-corrected chi connectivity index (χ2v) is 4.75. The Morgan fingerprint density at radius 1 is 1.37 bits per heavy atom. The van der Waals surface area contributed by atoms with Crippen LogP contribution in [0.2, 0.25) is 0 Å². The van der Waals surface area contributed by atoms with E-state index in [9.17, 15) is 14.7 Å². The van der Waals surface area contributed by atoms with Gasteiger partial charge in [0, 0.05) is 0 Å². The quantitative estimate of drug-likeness (QED) is 0.838. The summed E-state index contributed by atoms with van der Waals surface area (Å²) in [5.41, 5.74) is 0. The SMILES string of the molecule is CCC1CC(C(=O)O)C(C(=O)Nc2nccnn2)C1. The molecule has 1 aromatic heterocycles. The van der Waals surface area contributed by atoms with Gasteiger partial charge in [-0.1, -0.05) is 13.3 Å². The van der Waals surface area contributed by atoms with Gasteiger partial charge in [-0.15, -0.1) is 5.10 Å². The van der Waals surface area contributed by atoms with E-state index in [1.807, 2.05) is 6.92 Å². The Kier molecular flexibility index (Phi) is 4.03. The normalized spacial score (nSPS) is 26.1. The molecule has 3 unspecified atom stereocenters. The fraction of sp³-hybridized carbons (Fsp3) is 0.583. The van der Waals surface area contributed by atoms with Crippen LogP contribution in [0.5, 0.6) is 0 Å². The number of aromatic nitrogens is 3. The number of carboxylic acids is 1. The number of carbonyl (C=O) groups excluding carboxylic acids is 1. The smallest absolute Gasteiger partial charge is 0.307 e. The first-order valence-electron chi connectivity index (χ1n) is 6.29. The third-order valence-electron chi connectivity index (χ3n) is 3.61. The predicted octanol–water partition coefficient (Wildman–Crippen LogP) is 0.947. The lowest BCUT2D eigenvalue weighted by Gasteiger charge is -2.14. The molecular formula is C12H16N4O3. The van der Waals surface area contributed by atoms with E-state index >= 15 is 0 Å². The summed E-state index contributed by atoms with van der Waals surface area (Å²) in [7, 11) is 0. The van der Waals surface area contributed by atoms with E-state index < -0.39 is 17.8 Å². The lowest BCUT2D eigenvalue weighted by atomic mass is 9.95. The van der Waals surface area contributed by atoms with Crippen LogP contribution in [0.15, 0.2) is 12.4 Å². The zero-order chi connectivity index (χ0) is 13.8. The number of nitrogens with zero attached hydrogens (tertiary/aromatic N) is 3. The molecule has 1 fully saturated rings. The first-order valence-corrected chi connectivity index (χ1v) is 6.29. The molecule has 1 aliphatic rings. The Morgan fingerprint density at radius 2 is 2.11 bits per heavy atom. The van der Waals surface area contributed by atoms with Crippen LogP contribution >= 0.6 is 0 Å². The summed E-state index contributed by atoms with van der Waals surface area (Å²) in [4.78, 5) is 27.2. The van der Waals surface area contributed by atoms with Gasteiger partial charge in [-0.05, 0) is 18.8 Å². The molecule has 0 radical (unpaired) electrons. The van der Waals surface area contributed by atoms with Crippen molar-refractivity contribution in [1.29, 1.82) is 0 Å². The summed E-state index contributed by atoms with van der Waals surface area (Å²) < 4.78 is 0. The van der Waals surface area contributed by atoms with Gasteiger partial charge in [0.25, 0.3) is 0 Å². The van der Waals surface area contributed by atoms with E-state index in [2.05, 4.69) is 20.5 Å². The van der Waals surface area contributed by atoms with Gasteiger partial charge in [0.05, 0.1) is 24.2 Å². The fourth-order valence-corrected chi connectivity index (χ4v) is 2.55. The molecule has 7 heteroatoms. The molecule has 2 rings (SSSR count). The van der Waals surface area contributed by atoms with Gasteiger partial charge in [0.1, 0.15) is 0 Å². The monoisotopic (exact) mass is 264 g/mol. The average Bonchev–Trinajstić information content (AvgIpc) is 2.84. The van der Waals surface area contributed by atoms with Crippen LogP contribution in [0.4, 0.5) is 5.95 Å². The molecule has 0 aromatic carbocycles. The van der Waals surface area contributed by atoms with Crippen LogP contribution in [-0.4, -0.2) is 32.2 Å². The van der Waals surface area contributed by atoms with E-state index in [4.69, 9.17) is 0 Å². The number of aliphatic carboxylic acids is 1. The van der Waals surface area contributed by atoms with Crippen molar-refractivity contribution < 1.29 is 14.7 Å². The topological polar surface area (TPSA) is 105 Å². The van der Waals surface area contributed by atoms with Crippen LogP contribution in [0.3, 0.4) is 0 Å². The zero-order valence-electron chi connectivity index (χ0n) is 10.6. The second kappa shape index (κ2) is 5.73. The largest absolute Gasteiger partial charge is 0.481 e. The number of nitrogens with one attached hydrogen (secondary N) is 1. The Bertz CT molecular complexity index is 465. The third kappa shape index (κ3) is 3.04. The highest BCUT2D eigenvalue weighted by Crippen LogP contribution is 2.38. The van der Waals surface area contributed by atoms with Gasteiger partial charge in [0.15, 0.2) is 0 Å². The Labute approximate surface area is 110 Å². The van der Waals surface area contributed by atoms with Crippen LogP contribution in [0.1, 0.15) is 26.2 Å². The summed E-state index contributed by atoms with van der Waals surface area (Å²) in [5.74, 6) is -2.00. The molecule has 0 spiro atoms. The molecule has 1 heterocycles. The summed E-state index contributed by atoms with van der Waals surface area (Å²) in [6.45, 7) is 2.01. The molecule has 19 heavy (non-hydrogen) atoms. The van der Waals surface area contributed by atoms with Gasteiger partial charge in [-0.2, -0.15) is 5.10 Å². The molecule has 102 valence electrons. The third-order valence-corrected chi connectivity index (χ3v) is 3.61. The van der Waals surface area contributed by atoms with E-state index in [0.29, 0.717) is 12.8 Å². The van der Waals surface area contributed by atoms with Gasteiger partial charge < -0.3 is 5.11 Å². The van der Waals surface area contributed by atoms with E-state index in [1.54, 1.807) is 0 Å². The fourth-order valence-electron chi connectivity index (χ4n) is 2.55. The standard InChI is InChI=1S/C12H16N4O3/c1-2-7-5-8(9(6-7)11(18)19)10(17)15-12-13-3-4-14-16-12/h3-4,7-9H,2,5-6H2,1H3,(H,18,19)(H,13,15,16,17). The van der Waals surface area contributed by atoms with Crippen molar-refractivity contribution in [2.45, 2.75) is 26.2 Å². The molecule has 1 saturated carbocycles. The van der Waals surface area contributed by atoms with Gasteiger partial charge in [-0.25, -0.2) is 4.98 Å². The van der Waals surface area contributed by atoms with Crippen molar-refractivity contribution in [1.82, 2.24) is 15.2 Å². The minimum absolute atomic E-state index is 0.108. The van der Waals surface area contributed by atoms with Gasteiger partial charge in [-0.3, -0.25) is 14.9 Å². The van der Waals surface area contributed by atoms with Gasteiger partial charge in [0.2, 0.25) is 11.9 Å². The van der Waals surface area contributed by atoms with E-state index in [0.717, 1.165) is 6.42 Å². The number of hydrogen-bond donors (Lipinski definition) is 2. The minimum atomic E-state index is -0.914. The van der Waals surface area contributed by atoms with Crippen molar-refractivity contribution in [3.8, 4) is 0 Å². The number of carboxylic acid groups (broad SMARTS) is 1. The highest BCUT2D eigenvalue weighted by molar-refractivity contribution is 5.94. The highest BCUT2D eigenvalue weighted by atomic mass is 16.4. The van der Waals surface area contributed by atoms with Crippen molar-refractivity contribution in [3.05, 3.63) is 12.4 Å². The summed E-state index contributed by atoms with van der Waals surface area (Å²) in [5, 5.41) is 19.0. The van der Waals surface area contributed by atoms with Gasteiger partial charge >= 0.3 is 5.97 Å². The molecule has 1 aromatic rings. The molecule has 7 nitrogen and oxygen atoms in total. The van der Waals surface area contributed by atoms with Crippen LogP contribution in [-0.2, 0) is 9.59 Å². The number of rotatable bonds is 4. The van der Waals surface area contributed by atoms with E-state index in [-0.39, 0.29) is 17.8 Å². The van der Waals surface area contributed by atoms with Crippen molar-refractivity contribution >= 4 is 17.8 Å². The summed E-state index contributed by atoms with van der Waals surface area (Å²) in [6.07, 6.45) is 4.85. The molecule has 0 bridgehead atoms. The average molecular weight is 264 g/mol. The Hall–Kier alpha value is -2.05. The molecule has 0 aliphatic heterocycles.